The van der Waals surface area contributed by atoms with Crippen LogP contribution in [0.1, 0.15) is 28.7 Å². The molecule has 0 bridgehead atoms. The SMILES string of the molecule is Cc1c(O)ccc(CCCc2ccc(O)cc2O)c1C. The molecule has 0 aliphatic rings. The Labute approximate surface area is 119 Å². The van der Waals surface area contributed by atoms with Gasteiger partial charge in [-0.3, -0.25) is 0 Å². The molecule has 0 aromatic heterocycles. The first-order chi connectivity index (χ1) is 9.49. The molecule has 2 aromatic carbocycles. The number of benzene rings is 2. The van der Waals surface area contributed by atoms with Crippen molar-refractivity contribution in [2.75, 3.05) is 0 Å². The molecule has 0 aliphatic carbocycles. The number of phenols is 3. The highest BCUT2D eigenvalue weighted by Gasteiger charge is 2.07. The van der Waals surface area contributed by atoms with Gasteiger partial charge in [-0.25, -0.2) is 0 Å². The number of aryl methyl sites for hydroxylation is 2. The van der Waals surface area contributed by atoms with E-state index < -0.39 is 0 Å². The van der Waals surface area contributed by atoms with Gasteiger partial charge in [0, 0.05) is 6.07 Å². The Kier molecular flexibility index (Phi) is 4.18. The second-order valence-electron chi connectivity index (χ2n) is 5.16. The average Bonchev–Trinajstić information content (AvgIpc) is 2.41. The number of rotatable bonds is 4. The molecule has 20 heavy (non-hydrogen) atoms. The minimum absolute atomic E-state index is 0.0799. The summed E-state index contributed by atoms with van der Waals surface area (Å²) < 4.78 is 0. The van der Waals surface area contributed by atoms with Gasteiger partial charge in [0.1, 0.15) is 17.2 Å². The number of phenolic OH excluding ortho intramolecular Hbond substituents is 3. The lowest BCUT2D eigenvalue weighted by Crippen LogP contribution is -1.95. The highest BCUT2D eigenvalue weighted by atomic mass is 16.3. The lowest BCUT2D eigenvalue weighted by Gasteiger charge is -2.10. The second kappa shape index (κ2) is 5.87. The predicted octanol–water partition coefficient (Wildman–Crippen LogP) is 3.60. The van der Waals surface area contributed by atoms with Crippen LogP contribution in [0.25, 0.3) is 0 Å². The van der Waals surface area contributed by atoms with E-state index in [1.165, 1.54) is 11.6 Å². The smallest absolute Gasteiger partial charge is 0.122 e. The Balaban J connectivity index is 2.01. The van der Waals surface area contributed by atoms with E-state index in [2.05, 4.69) is 0 Å². The van der Waals surface area contributed by atoms with Crippen LogP contribution >= 0.6 is 0 Å². The lowest BCUT2D eigenvalue weighted by molar-refractivity contribution is 0.445. The largest absolute Gasteiger partial charge is 0.508 e. The van der Waals surface area contributed by atoms with Crippen LogP contribution in [-0.4, -0.2) is 15.3 Å². The van der Waals surface area contributed by atoms with E-state index in [0.29, 0.717) is 5.75 Å². The third-order valence-electron chi connectivity index (χ3n) is 3.83. The summed E-state index contributed by atoms with van der Waals surface area (Å²) in [5, 5.41) is 28.6. The molecule has 0 saturated heterocycles. The molecule has 3 heteroatoms. The molecule has 0 amide bonds. The van der Waals surface area contributed by atoms with Crippen LogP contribution in [0.5, 0.6) is 17.2 Å². The highest BCUT2D eigenvalue weighted by molar-refractivity contribution is 5.43. The van der Waals surface area contributed by atoms with Crippen molar-refractivity contribution in [1.82, 2.24) is 0 Å². The maximum Gasteiger partial charge on any atom is 0.122 e. The van der Waals surface area contributed by atoms with Crippen molar-refractivity contribution >= 4 is 0 Å². The van der Waals surface area contributed by atoms with Crippen LogP contribution in [0.4, 0.5) is 0 Å². The van der Waals surface area contributed by atoms with Gasteiger partial charge in [-0.15, -0.1) is 0 Å². The topological polar surface area (TPSA) is 60.7 Å². The van der Waals surface area contributed by atoms with Gasteiger partial charge in [-0.1, -0.05) is 12.1 Å². The van der Waals surface area contributed by atoms with Gasteiger partial charge in [0.2, 0.25) is 0 Å². The quantitative estimate of drug-likeness (QED) is 0.797. The Morgan fingerprint density at radius 3 is 2.10 bits per heavy atom. The predicted molar refractivity (Wildman–Crippen MR) is 79.4 cm³/mol. The van der Waals surface area contributed by atoms with E-state index in [9.17, 15) is 15.3 Å². The van der Waals surface area contributed by atoms with Crippen LogP contribution in [0.2, 0.25) is 0 Å². The molecule has 3 nitrogen and oxygen atoms in total. The third-order valence-corrected chi connectivity index (χ3v) is 3.83. The maximum atomic E-state index is 9.73. The van der Waals surface area contributed by atoms with Crippen LogP contribution in [0.15, 0.2) is 30.3 Å². The van der Waals surface area contributed by atoms with Crippen molar-refractivity contribution in [2.24, 2.45) is 0 Å². The van der Waals surface area contributed by atoms with Crippen LogP contribution in [0, 0.1) is 13.8 Å². The molecular weight excluding hydrogens is 252 g/mol. The van der Waals surface area contributed by atoms with Gasteiger partial charge in [-0.2, -0.15) is 0 Å². The molecule has 0 aliphatic heterocycles. The molecule has 106 valence electrons. The van der Waals surface area contributed by atoms with Crippen molar-refractivity contribution in [2.45, 2.75) is 33.1 Å². The molecule has 2 rings (SSSR count). The Bertz CT molecular complexity index is 618. The zero-order valence-electron chi connectivity index (χ0n) is 11.8. The van der Waals surface area contributed by atoms with Crippen molar-refractivity contribution in [3.05, 3.63) is 52.6 Å². The fraction of sp³-hybridized carbons (Fsp3) is 0.294. The van der Waals surface area contributed by atoms with Gasteiger partial charge in [0.25, 0.3) is 0 Å². The molecule has 0 saturated carbocycles. The highest BCUT2D eigenvalue weighted by Crippen LogP contribution is 2.26. The summed E-state index contributed by atoms with van der Waals surface area (Å²) in [5.74, 6) is 0.558. The van der Waals surface area contributed by atoms with Crippen molar-refractivity contribution in [1.29, 1.82) is 0 Å². The fourth-order valence-corrected chi connectivity index (χ4v) is 2.37. The van der Waals surface area contributed by atoms with E-state index in [1.54, 1.807) is 18.2 Å². The molecule has 0 fully saturated rings. The second-order valence-corrected chi connectivity index (χ2v) is 5.16. The van der Waals surface area contributed by atoms with E-state index >= 15 is 0 Å². The molecule has 3 N–H and O–H groups in total. The normalized spacial score (nSPS) is 10.7. The van der Waals surface area contributed by atoms with Gasteiger partial charge in [-0.05, 0) is 67.5 Å². The first-order valence-corrected chi connectivity index (χ1v) is 6.78. The number of hydrogen-bond donors (Lipinski definition) is 3. The number of hydrogen-bond acceptors (Lipinski definition) is 3. The summed E-state index contributed by atoms with van der Waals surface area (Å²) in [4.78, 5) is 0. The molecule has 0 radical (unpaired) electrons. The zero-order valence-corrected chi connectivity index (χ0v) is 11.8. The van der Waals surface area contributed by atoms with E-state index in [0.717, 1.165) is 36.0 Å². The van der Waals surface area contributed by atoms with Crippen LogP contribution in [-0.2, 0) is 12.8 Å². The summed E-state index contributed by atoms with van der Waals surface area (Å²) >= 11 is 0. The summed E-state index contributed by atoms with van der Waals surface area (Å²) in [6.07, 6.45) is 2.56. The summed E-state index contributed by atoms with van der Waals surface area (Å²) in [6.45, 7) is 3.93. The standard InChI is InChI=1S/C17H20O3/c1-11-12(2)16(19)9-7-13(11)4-3-5-14-6-8-15(18)10-17(14)20/h6-10,18-20H,3-5H2,1-2H3. The van der Waals surface area contributed by atoms with Gasteiger partial charge in [0.05, 0.1) is 0 Å². The third kappa shape index (κ3) is 3.05. The molecule has 0 unspecified atom stereocenters. The Hall–Kier alpha value is -2.16. The molecule has 0 heterocycles. The molecular formula is C17H20O3. The maximum absolute atomic E-state index is 9.73. The number of aromatic hydroxyl groups is 3. The fourth-order valence-electron chi connectivity index (χ4n) is 2.37. The van der Waals surface area contributed by atoms with Crippen LogP contribution in [0.3, 0.4) is 0 Å². The van der Waals surface area contributed by atoms with Gasteiger partial charge < -0.3 is 15.3 Å². The van der Waals surface area contributed by atoms with Crippen LogP contribution < -0.4 is 0 Å². The summed E-state index contributed by atoms with van der Waals surface area (Å²) in [7, 11) is 0. The van der Waals surface area contributed by atoms with E-state index in [4.69, 9.17) is 0 Å². The van der Waals surface area contributed by atoms with Crippen molar-refractivity contribution < 1.29 is 15.3 Å². The summed E-state index contributed by atoms with van der Waals surface area (Å²) in [6, 6.07) is 8.39. The molecule has 2 aromatic rings. The Morgan fingerprint density at radius 1 is 0.750 bits per heavy atom. The zero-order chi connectivity index (χ0) is 14.7. The van der Waals surface area contributed by atoms with E-state index in [-0.39, 0.29) is 11.5 Å². The summed E-state index contributed by atoms with van der Waals surface area (Å²) in [5.41, 5.74) is 4.12. The van der Waals surface area contributed by atoms with Crippen molar-refractivity contribution in [3.63, 3.8) is 0 Å². The monoisotopic (exact) mass is 272 g/mol. The first kappa shape index (κ1) is 14.3. The first-order valence-electron chi connectivity index (χ1n) is 6.78. The van der Waals surface area contributed by atoms with E-state index in [1.807, 2.05) is 19.9 Å². The minimum atomic E-state index is 0.0799. The Morgan fingerprint density at radius 2 is 1.40 bits per heavy atom. The average molecular weight is 272 g/mol. The molecule has 0 atom stereocenters. The molecule has 0 spiro atoms. The van der Waals surface area contributed by atoms with Crippen molar-refractivity contribution in [3.8, 4) is 17.2 Å². The van der Waals surface area contributed by atoms with Gasteiger partial charge >= 0.3 is 0 Å². The lowest BCUT2D eigenvalue weighted by atomic mass is 9.97. The minimum Gasteiger partial charge on any atom is -0.508 e. The van der Waals surface area contributed by atoms with Gasteiger partial charge in [0.15, 0.2) is 0 Å².